The van der Waals surface area contributed by atoms with E-state index in [1.807, 2.05) is 30.3 Å². The van der Waals surface area contributed by atoms with Gasteiger partial charge in [0.1, 0.15) is 11.7 Å². The van der Waals surface area contributed by atoms with Gasteiger partial charge in [0, 0.05) is 13.5 Å². The number of carbonyl (C=O) groups excluding carboxylic acids is 2. The number of methoxy groups -OCH3 is 1. The maximum absolute atomic E-state index is 12.2. The molecule has 23 heavy (non-hydrogen) atoms. The predicted molar refractivity (Wildman–Crippen MR) is 83.5 cm³/mol. The molecule has 1 aromatic carbocycles. The van der Waals surface area contributed by atoms with E-state index in [0.717, 1.165) is 5.56 Å². The molecule has 1 aliphatic heterocycles. The van der Waals surface area contributed by atoms with Gasteiger partial charge in [0.05, 0.1) is 6.61 Å². The van der Waals surface area contributed by atoms with E-state index in [1.165, 1.54) is 7.11 Å². The Hall–Kier alpha value is -2.05. The summed E-state index contributed by atoms with van der Waals surface area (Å²) in [6, 6.07) is 8.73. The molecule has 0 aromatic heterocycles. The molecule has 0 aliphatic carbocycles. The lowest BCUT2D eigenvalue weighted by Crippen LogP contribution is -2.42. The molecule has 0 amide bonds. The zero-order valence-corrected chi connectivity index (χ0v) is 13.6. The van der Waals surface area contributed by atoms with E-state index < -0.39 is 24.3 Å². The number of nitrogens with one attached hydrogen (secondary N) is 1. The molecular formula is C16H18ClNO5. The van der Waals surface area contributed by atoms with Crippen molar-refractivity contribution in [1.82, 2.24) is 5.32 Å². The molecule has 0 spiro atoms. The topological polar surface area (TPSA) is 73.9 Å². The fourth-order valence-corrected chi connectivity index (χ4v) is 2.38. The molecule has 1 aromatic rings. The lowest BCUT2D eigenvalue weighted by atomic mass is 10.1. The molecule has 1 heterocycles. The minimum Gasteiger partial charge on any atom is -0.464 e. The van der Waals surface area contributed by atoms with Gasteiger partial charge in [-0.05, 0) is 12.5 Å². The van der Waals surface area contributed by atoms with Crippen LogP contribution >= 0.6 is 11.6 Å². The maximum Gasteiger partial charge on any atom is 0.354 e. The number of benzene rings is 1. The van der Waals surface area contributed by atoms with Crippen molar-refractivity contribution >= 4 is 23.5 Å². The van der Waals surface area contributed by atoms with Crippen molar-refractivity contribution in [3.63, 3.8) is 0 Å². The molecule has 1 aliphatic rings. The van der Waals surface area contributed by atoms with Crippen LogP contribution in [0.2, 0.25) is 0 Å². The molecule has 0 saturated carbocycles. The van der Waals surface area contributed by atoms with Crippen LogP contribution in [0.4, 0.5) is 0 Å². The first kappa shape index (κ1) is 17.3. The van der Waals surface area contributed by atoms with Gasteiger partial charge in [-0.1, -0.05) is 41.9 Å². The van der Waals surface area contributed by atoms with Gasteiger partial charge < -0.3 is 19.5 Å². The van der Waals surface area contributed by atoms with Gasteiger partial charge in [-0.15, -0.1) is 0 Å². The Morgan fingerprint density at radius 1 is 1.39 bits per heavy atom. The largest absolute Gasteiger partial charge is 0.464 e. The number of rotatable bonds is 7. The number of hydrogen-bond acceptors (Lipinski definition) is 6. The number of cyclic esters (lactones) is 1. The van der Waals surface area contributed by atoms with Crippen molar-refractivity contribution in [1.29, 1.82) is 0 Å². The minimum absolute atomic E-state index is 0.126. The van der Waals surface area contributed by atoms with Crippen LogP contribution < -0.4 is 5.32 Å². The first-order valence-electron chi connectivity index (χ1n) is 7.17. The van der Waals surface area contributed by atoms with E-state index in [-0.39, 0.29) is 17.3 Å². The van der Waals surface area contributed by atoms with Gasteiger partial charge in [0.2, 0.25) is 6.29 Å². The van der Waals surface area contributed by atoms with E-state index >= 15 is 0 Å². The Bertz CT molecular complexity index is 602. The molecule has 1 N–H and O–H groups in total. The van der Waals surface area contributed by atoms with Crippen LogP contribution in [-0.4, -0.2) is 38.0 Å². The summed E-state index contributed by atoms with van der Waals surface area (Å²) in [4.78, 5) is 23.7. The zero-order valence-electron chi connectivity index (χ0n) is 12.9. The summed E-state index contributed by atoms with van der Waals surface area (Å²) in [5, 5.41) is 2.81. The van der Waals surface area contributed by atoms with Crippen molar-refractivity contribution < 1.29 is 23.8 Å². The number of esters is 2. The summed E-state index contributed by atoms with van der Waals surface area (Å²) in [5.41, 5.74) is 1.17. The molecule has 1 unspecified atom stereocenters. The van der Waals surface area contributed by atoms with E-state index in [1.54, 1.807) is 6.92 Å². The van der Waals surface area contributed by atoms with Gasteiger partial charge in [-0.2, -0.15) is 0 Å². The third-order valence-electron chi connectivity index (χ3n) is 3.26. The van der Waals surface area contributed by atoms with Gasteiger partial charge in [0.25, 0.3) is 0 Å². The lowest BCUT2D eigenvalue weighted by molar-refractivity contribution is -0.156. The molecule has 0 bridgehead atoms. The van der Waals surface area contributed by atoms with E-state index in [0.29, 0.717) is 6.42 Å². The number of carbonyl (C=O) groups is 2. The van der Waals surface area contributed by atoms with Gasteiger partial charge in [-0.3, -0.25) is 0 Å². The monoisotopic (exact) mass is 339 g/mol. The second-order valence-electron chi connectivity index (χ2n) is 4.84. The molecular weight excluding hydrogens is 322 g/mol. The predicted octanol–water partition coefficient (Wildman–Crippen LogP) is 1.73. The molecule has 6 nitrogen and oxygen atoms in total. The normalized spacial score (nSPS) is 18.6. The van der Waals surface area contributed by atoms with Crippen molar-refractivity contribution in [2.75, 3.05) is 13.7 Å². The van der Waals surface area contributed by atoms with E-state index in [4.69, 9.17) is 25.8 Å². The third-order valence-corrected chi connectivity index (χ3v) is 3.62. The Kier molecular flexibility index (Phi) is 6.01. The number of ether oxygens (including phenoxy) is 3. The Morgan fingerprint density at radius 2 is 2.09 bits per heavy atom. The van der Waals surface area contributed by atoms with Crippen molar-refractivity contribution in [2.45, 2.75) is 25.7 Å². The summed E-state index contributed by atoms with van der Waals surface area (Å²) in [5.74, 6) is -1.13. The average Bonchev–Trinajstić information content (AvgIpc) is 2.83. The van der Waals surface area contributed by atoms with Gasteiger partial charge in [-0.25, -0.2) is 9.59 Å². The molecule has 0 fully saturated rings. The van der Waals surface area contributed by atoms with Gasteiger partial charge >= 0.3 is 11.9 Å². The summed E-state index contributed by atoms with van der Waals surface area (Å²) in [7, 11) is 1.38. The molecule has 7 heteroatoms. The molecule has 2 rings (SSSR count). The highest BCUT2D eigenvalue weighted by molar-refractivity contribution is 6.42. The average molecular weight is 340 g/mol. The van der Waals surface area contributed by atoms with Crippen LogP contribution in [0.1, 0.15) is 12.5 Å². The van der Waals surface area contributed by atoms with Crippen molar-refractivity contribution in [3.05, 3.63) is 46.6 Å². The minimum atomic E-state index is -0.956. The van der Waals surface area contributed by atoms with Crippen LogP contribution in [0.15, 0.2) is 41.1 Å². The smallest absolute Gasteiger partial charge is 0.354 e. The molecule has 124 valence electrons. The highest BCUT2D eigenvalue weighted by atomic mass is 35.5. The van der Waals surface area contributed by atoms with E-state index in [2.05, 4.69) is 5.32 Å². The number of hydrogen-bond donors (Lipinski definition) is 1. The SMILES string of the molecule is CCOC(=O)[C@H](Cc1ccccc1)NC1=C(Cl)C(=O)OC1OC. The Morgan fingerprint density at radius 3 is 2.70 bits per heavy atom. The zero-order chi connectivity index (χ0) is 16.8. The van der Waals surface area contributed by atoms with Gasteiger partial charge in [0.15, 0.2) is 5.03 Å². The first-order valence-corrected chi connectivity index (χ1v) is 7.55. The van der Waals surface area contributed by atoms with Crippen LogP contribution in [0.3, 0.4) is 0 Å². The quantitative estimate of drug-likeness (QED) is 0.763. The number of halogens is 1. The van der Waals surface area contributed by atoms with Crippen LogP contribution in [0, 0.1) is 0 Å². The third kappa shape index (κ3) is 4.24. The summed E-state index contributed by atoms with van der Waals surface area (Å²) in [6.07, 6.45) is -0.583. The fourth-order valence-electron chi connectivity index (χ4n) is 2.19. The Balaban J connectivity index is 2.20. The second-order valence-corrected chi connectivity index (χ2v) is 5.22. The van der Waals surface area contributed by atoms with Crippen LogP contribution in [0.25, 0.3) is 0 Å². The first-order chi connectivity index (χ1) is 11.1. The van der Waals surface area contributed by atoms with Crippen molar-refractivity contribution in [3.8, 4) is 0 Å². The van der Waals surface area contributed by atoms with Crippen molar-refractivity contribution in [2.24, 2.45) is 0 Å². The van der Waals surface area contributed by atoms with Crippen LogP contribution in [0.5, 0.6) is 0 Å². The molecule has 0 saturated heterocycles. The maximum atomic E-state index is 12.2. The standard InChI is InChI=1S/C16H18ClNO5/c1-3-22-14(19)11(9-10-7-5-4-6-8-10)18-13-12(17)15(20)23-16(13)21-2/h4-8,11,16,18H,3,9H2,1-2H3/t11-,16?/m0/s1. The fraction of sp³-hybridized carbons (Fsp3) is 0.375. The Labute approximate surface area is 139 Å². The summed E-state index contributed by atoms with van der Waals surface area (Å²) in [6.45, 7) is 1.98. The second kappa shape index (κ2) is 7.99. The highest BCUT2D eigenvalue weighted by Crippen LogP contribution is 2.25. The highest BCUT2D eigenvalue weighted by Gasteiger charge is 2.36. The van der Waals surface area contributed by atoms with Crippen LogP contribution in [-0.2, 0) is 30.2 Å². The summed E-state index contributed by atoms with van der Waals surface area (Å²) >= 11 is 5.94. The molecule has 0 radical (unpaired) electrons. The summed E-state index contributed by atoms with van der Waals surface area (Å²) < 4.78 is 15.1. The molecule has 2 atom stereocenters. The van der Waals surface area contributed by atoms with E-state index in [9.17, 15) is 9.59 Å². The lowest BCUT2D eigenvalue weighted by Gasteiger charge is -2.21.